The minimum absolute atomic E-state index is 0.00895. The number of carbonyl (C=O) groups is 3. The molecule has 36 heavy (non-hydrogen) atoms. The number of likely N-dealkylation sites (N-methyl/N-ethyl adjacent to an activating group) is 1. The minimum Gasteiger partial charge on any atom is -0.482 e. The lowest BCUT2D eigenvalue weighted by molar-refractivity contribution is -0.131. The van der Waals surface area contributed by atoms with Crippen LogP contribution in [-0.2, 0) is 9.59 Å². The molecule has 0 aliphatic carbocycles. The topological polar surface area (TPSA) is 118 Å². The fourth-order valence-electron chi connectivity index (χ4n) is 4.54. The van der Waals surface area contributed by atoms with Crippen LogP contribution in [0, 0.1) is 0 Å². The van der Waals surface area contributed by atoms with Gasteiger partial charge in [-0.3, -0.25) is 14.4 Å². The largest absolute Gasteiger partial charge is 0.482 e. The van der Waals surface area contributed by atoms with E-state index in [0.717, 1.165) is 11.3 Å². The van der Waals surface area contributed by atoms with Gasteiger partial charge in [-0.2, -0.15) is 4.98 Å². The van der Waals surface area contributed by atoms with Crippen LogP contribution in [-0.4, -0.2) is 65.5 Å². The zero-order valence-electron chi connectivity index (χ0n) is 20.0. The zero-order chi connectivity index (χ0) is 25.1. The van der Waals surface area contributed by atoms with Gasteiger partial charge in [0.2, 0.25) is 17.6 Å². The summed E-state index contributed by atoms with van der Waals surface area (Å²) in [7, 11) is 0. The van der Waals surface area contributed by atoms with Crippen LogP contribution in [0.4, 0.5) is 5.69 Å². The number of piperidine rings is 1. The van der Waals surface area contributed by atoms with Crippen molar-refractivity contribution in [3.63, 3.8) is 0 Å². The minimum atomic E-state index is -0.265. The van der Waals surface area contributed by atoms with E-state index in [4.69, 9.17) is 9.26 Å². The lowest BCUT2D eigenvalue weighted by atomic mass is 9.96. The average molecular weight is 490 g/mol. The fourth-order valence-corrected chi connectivity index (χ4v) is 4.54. The fraction of sp³-hybridized carbons (Fsp3) is 0.346. The molecule has 1 N–H and O–H groups in total. The molecule has 1 fully saturated rings. The summed E-state index contributed by atoms with van der Waals surface area (Å²) < 4.78 is 11.2. The lowest BCUT2D eigenvalue weighted by Gasteiger charge is -2.30. The van der Waals surface area contributed by atoms with E-state index < -0.39 is 0 Å². The maximum Gasteiger partial charge on any atom is 0.265 e. The molecule has 1 saturated heterocycles. The van der Waals surface area contributed by atoms with E-state index in [1.807, 2.05) is 31.2 Å². The Morgan fingerprint density at radius 3 is 2.64 bits per heavy atom. The monoisotopic (exact) mass is 489 g/mol. The van der Waals surface area contributed by atoms with E-state index in [-0.39, 0.29) is 36.8 Å². The smallest absolute Gasteiger partial charge is 0.265 e. The van der Waals surface area contributed by atoms with Crippen molar-refractivity contribution < 1.29 is 23.6 Å². The molecular formula is C26H27N5O5. The average Bonchev–Trinajstić information content (AvgIpc) is 3.42. The van der Waals surface area contributed by atoms with Gasteiger partial charge < -0.3 is 24.4 Å². The number of benzene rings is 2. The molecule has 2 aliphatic heterocycles. The number of likely N-dealkylation sites (tertiary alicyclic amines) is 1. The van der Waals surface area contributed by atoms with E-state index in [1.54, 1.807) is 34.1 Å². The van der Waals surface area contributed by atoms with E-state index >= 15 is 0 Å². The second-order valence-corrected chi connectivity index (χ2v) is 8.77. The zero-order valence-corrected chi connectivity index (χ0v) is 20.0. The van der Waals surface area contributed by atoms with Crippen LogP contribution in [0.2, 0.25) is 0 Å². The van der Waals surface area contributed by atoms with Crippen LogP contribution >= 0.6 is 0 Å². The summed E-state index contributed by atoms with van der Waals surface area (Å²) in [6, 6.07) is 14.3. The molecule has 3 amide bonds. The van der Waals surface area contributed by atoms with E-state index in [0.29, 0.717) is 55.5 Å². The van der Waals surface area contributed by atoms with Crippen molar-refractivity contribution in [3.05, 3.63) is 60.0 Å². The molecule has 0 spiro atoms. The molecule has 1 aromatic heterocycles. The highest BCUT2D eigenvalue weighted by Crippen LogP contribution is 2.36. The Hall–Kier alpha value is -4.21. The van der Waals surface area contributed by atoms with Crippen LogP contribution in [0.3, 0.4) is 0 Å². The Morgan fingerprint density at radius 1 is 1.11 bits per heavy atom. The van der Waals surface area contributed by atoms with Crippen molar-refractivity contribution in [1.82, 2.24) is 20.4 Å². The van der Waals surface area contributed by atoms with E-state index in [1.165, 1.54) is 0 Å². The summed E-state index contributed by atoms with van der Waals surface area (Å²) in [5.74, 6) is 1.22. The third kappa shape index (κ3) is 4.79. The summed E-state index contributed by atoms with van der Waals surface area (Å²) >= 11 is 0. The van der Waals surface area contributed by atoms with Crippen LogP contribution in [0.5, 0.6) is 5.75 Å². The lowest BCUT2D eigenvalue weighted by Crippen LogP contribution is -2.43. The van der Waals surface area contributed by atoms with Crippen LogP contribution in [0.1, 0.15) is 41.9 Å². The number of rotatable bonds is 6. The highest BCUT2D eigenvalue weighted by atomic mass is 16.5. The van der Waals surface area contributed by atoms with Crippen LogP contribution < -0.4 is 15.0 Å². The third-order valence-electron chi connectivity index (χ3n) is 6.55. The Labute approximate surface area is 208 Å². The second kappa shape index (κ2) is 10.2. The predicted molar refractivity (Wildman–Crippen MR) is 131 cm³/mol. The number of nitrogens with one attached hydrogen (secondary N) is 1. The summed E-state index contributed by atoms with van der Waals surface area (Å²) in [5, 5.41) is 6.83. The van der Waals surface area contributed by atoms with Crippen molar-refractivity contribution in [2.75, 3.05) is 37.7 Å². The maximum atomic E-state index is 12.6. The van der Waals surface area contributed by atoms with Gasteiger partial charge in [-0.1, -0.05) is 23.4 Å². The second-order valence-electron chi connectivity index (χ2n) is 8.77. The Bertz CT molecular complexity index is 1270. The number of amides is 3. The van der Waals surface area contributed by atoms with Crippen molar-refractivity contribution in [2.24, 2.45) is 0 Å². The molecular weight excluding hydrogens is 462 g/mol. The molecule has 0 saturated carbocycles. The van der Waals surface area contributed by atoms with E-state index in [2.05, 4.69) is 15.5 Å². The molecule has 10 heteroatoms. The Morgan fingerprint density at radius 2 is 1.89 bits per heavy atom. The number of fused-ring (bicyclic) bond motifs is 1. The summed E-state index contributed by atoms with van der Waals surface area (Å²) in [6.45, 7) is 3.57. The maximum absolute atomic E-state index is 12.6. The van der Waals surface area contributed by atoms with Gasteiger partial charge in [-0.05, 0) is 50.1 Å². The third-order valence-corrected chi connectivity index (χ3v) is 6.55. The number of anilines is 1. The van der Waals surface area contributed by atoms with Crippen molar-refractivity contribution in [3.8, 4) is 17.1 Å². The van der Waals surface area contributed by atoms with Gasteiger partial charge in [-0.15, -0.1) is 0 Å². The van der Waals surface area contributed by atoms with Crippen LogP contribution in [0.15, 0.2) is 53.1 Å². The standard InChI is InChI=1S/C26H27N5O5/c1-2-31-20-9-8-19(14-21(20)35-16-23(31)33)24-28-26(36-29-24)18-10-12-30(13-11-18)22(32)15-27-25(34)17-6-4-3-5-7-17/h3-9,14,18H,2,10-13,15-16H2,1H3,(H,27,34). The summed E-state index contributed by atoms with van der Waals surface area (Å²) in [5.41, 5.74) is 2.01. The first kappa shape index (κ1) is 23.5. The summed E-state index contributed by atoms with van der Waals surface area (Å²) in [4.78, 5) is 44.8. The van der Waals surface area contributed by atoms with Crippen LogP contribution in [0.25, 0.3) is 11.4 Å². The molecule has 5 rings (SSSR count). The van der Waals surface area contributed by atoms with Gasteiger partial charge in [0.25, 0.3) is 11.8 Å². The SMILES string of the molecule is CCN1C(=O)COc2cc(-c3noc(C4CCN(C(=O)CNC(=O)c5ccccc5)CC4)n3)ccc21. The Balaban J connectivity index is 1.16. The number of aromatic nitrogens is 2. The summed E-state index contributed by atoms with van der Waals surface area (Å²) in [6.07, 6.45) is 1.39. The van der Waals surface area contributed by atoms with Gasteiger partial charge in [0.15, 0.2) is 6.61 Å². The first-order valence-electron chi connectivity index (χ1n) is 12.1. The predicted octanol–water partition coefficient (Wildman–Crippen LogP) is 2.62. The van der Waals surface area contributed by atoms with Gasteiger partial charge in [0.1, 0.15) is 5.75 Å². The molecule has 0 unspecified atom stereocenters. The Kier molecular flexibility index (Phi) is 6.66. The van der Waals surface area contributed by atoms with Gasteiger partial charge in [0, 0.05) is 36.7 Å². The molecule has 2 aliphatic rings. The van der Waals surface area contributed by atoms with Gasteiger partial charge in [0.05, 0.1) is 12.2 Å². The van der Waals surface area contributed by atoms with Crippen molar-refractivity contribution in [1.29, 1.82) is 0 Å². The first-order valence-corrected chi connectivity index (χ1v) is 12.1. The number of carbonyl (C=O) groups excluding carboxylic acids is 3. The molecule has 2 aromatic carbocycles. The number of nitrogens with zero attached hydrogens (tertiary/aromatic N) is 4. The molecule has 3 aromatic rings. The normalized spacial score (nSPS) is 15.9. The number of hydrogen-bond donors (Lipinski definition) is 1. The quantitative estimate of drug-likeness (QED) is 0.566. The first-order chi connectivity index (χ1) is 17.5. The van der Waals surface area contributed by atoms with Gasteiger partial charge in [-0.25, -0.2) is 0 Å². The van der Waals surface area contributed by atoms with E-state index in [9.17, 15) is 14.4 Å². The molecule has 0 atom stereocenters. The van der Waals surface area contributed by atoms with Crippen molar-refractivity contribution in [2.45, 2.75) is 25.7 Å². The van der Waals surface area contributed by atoms with Gasteiger partial charge >= 0.3 is 0 Å². The molecule has 10 nitrogen and oxygen atoms in total. The highest BCUT2D eigenvalue weighted by Gasteiger charge is 2.29. The number of hydrogen-bond acceptors (Lipinski definition) is 7. The highest BCUT2D eigenvalue weighted by molar-refractivity contribution is 5.98. The molecule has 186 valence electrons. The molecule has 0 radical (unpaired) electrons. The molecule has 3 heterocycles. The molecule has 0 bridgehead atoms. The number of ether oxygens (including phenoxy) is 1. The van der Waals surface area contributed by atoms with Crippen molar-refractivity contribution >= 4 is 23.4 Å².